The molecule has 20 heavy (non-hydrogen) atoms. The highest BCUT2D eigenvalue weighted by Crippen LogP contribution is 2.18. The minimum absolute atomic E-state index is 0.0126. The van der Waals surface area contributed by atoms with E-state index in [2.05, 4.69) is 13.8 Å². The molecule has 0 aliphatic carbocycles. The van der Waals surface area contributed by atoms with Crippen LogP contribution in [0, 0.1) is 11.8 Å². The molecule has 114 valence electrons. The quantitative estimate of drug-likeness (QED) is 0.744. The van der Waals surface area contributed by atoms with Crippen molar-refractivity contribution in [2.45, 2.75) is 41.5 Å². The Labute approximate surface area is 123 Å². The van der Waals surface area contributed by atoms with E-state index in [0.717, 1.165) is 5.75 Å². The van der Waals surface area contributed by atoms with Crippen molar-refractivity contribution in [2.24, 2.45) is 11.8 Å². The second-order valence-corrected chi connectivity index (χ2v) is 5.09. The maximum atomic E-state index is 11.4. The summed E-state index contributed by atoms with van der Waals surface area (Å²) in [4.78, 5) is 11.4. The highest BCUT2D eigenvalue weighted by Gasteiger charge is 2.07. The third kappa shape index (κ3) is 7.82. The van der Waals surface area contributed by atoms with E-state index in [9.17, 15) is 4.79 Å². The molecule has 0 saturated carbocycles. The normalized spacial score (nSPS) is 10.0. The van der Waals surface area contributed by atoms with Gasteiger partial charge in [-0.3, -0.25) is 4.79 Å². The minimum atomic E-state index is 0.0126. The van der Waals surface area contributed by atoms with Crippen molar-refractivity contribution in [3.8, 4) is 11.5 Å². The van der Waals surface area contributed by atoms with Gasteiger partial charge in [0.2, 0.25) is 0 Å². The highest BCUT2D eigenvalue weighted by atomic mass is 16.5. The van der Waals surface area contributed by atoms with Gasteiger partial charge in [0.1, 0.15) is 18.1 Å². The molecule has 3 nitrogen and oxygen atoms in total. The Morgan fingerprint density at radius 1 is 0.950 bits per heavy atom. The average Bonchev–Trinajstić information content (AvgIpc) is 2.45. The molecule has 0 heterocycles. The van der Waals surface area contributed by atoms with E-state index in [1.807, 2.05) is 52.0 Å². The molecule has 1 aromatic rings. The van der Waals surface area contributed by atoms with Crippen LogP contribution >= 0.6 is 0 Å². The number of carbonyl (C=O) groups is 1. The van der Waals surface area contributed by atoms with E-state index in [4.69, 9.17) is 9.47 Å². The molecule has 0 spiro atoms. The van der Waals surface area contributed by atoms with Crippen molar-refractivity contribution < 1.29 is 14.3 Å². The molecular weight excluding hydrogens is 252 g/mol. The zero-order chi connectivity index (χ0) is 15.5. The molecule has 0 fully saturated rings. The molecule has 0 unspecified atom stereocenters. The summed E-state index contributed by atoms with van der Waals surface area (Å²) in [6.45, 7) is 12.8. The van der Waals surface area contributed by atoms with Crippen molar-refractivity contribution in [2.75, 3.05) is 13.2 Å². The zero-order valence-electron chi connectivity index (χ0n) is 13.6. The van der Waals surface area contributed by atoms with Crippen LogP contribution in [0.25, 0.3) is 0 Å². The fourth-order valence-electron chi connectivity index (χ4n) is 1.22. The molecule has 0 amide bonds. The van der Waals surface area contributed by atoms with E-state index in [1.54, 1.807) is 0 Å². The lowest BCUT2D eigenvalue weighted by molar-refractivity contribution is -0.123. The lowest BCUT2D eigenvalue weighted by atomic mass is 10.1. The second-order valence-electron chi connectivity index (χ2n) is 5.09. The fourth-order valence-corrected chi connectivity index (χ4v) is 1.22. The Bertz CT molecular complexity index is 366. The van der Waals surface area contributed by atoms with Gasteiger partial charge in [-0.15, -0.1) is 0 Å². The predicted molar refractivity (Wildman–Crippen MR) is 83.5 cm³/mol. The summed E-state index contributed by atoms with van der Waals surface area (Å²) in [7, 11) is 0. The van der Waals surface area contributed by atoms with Gasteiger partial charge in [0.15, 0.2) is 5.78 Å². The molecule has 0 aliphatic rings. The Morgan fingerprint density at radius 3 is 1.80 bits per heavy atom. The van der Waals surface area contributed by atoms with Crippen LogP contribution in [0.2, 0.25) is 0 Å². The van der Waals surface area contributed by atoms with Gasteiger partial charge in [-0.25, -0.2) is 0 Å². The van der Waals surface area contributed by atoms with E-state index in [-0.39, 0.29) is 18.3 Å². The molecule has 0 saturated heterocycles. The lowest BCUT2D eigenvalue weighted by Crippen LogP contribution is -2.16. The first-order valence-corrected chi connectivity index (χ1v) is 7.37. The number of ether oxygens (including phenoxy) is 2. The summed E-state index contributed by atoms with van der Waals surface area (Å²) < 4.78 is 11.0. The predicted octanol–water partition coefficient (Wildman–Crippen LogP) is 4.35. The number of benzene rings is 1. The van der Waals surface area contributed by atoms with Crippen molar-refractivity contribution in [3.63, 3.8) is 0 Å². The van der Waals surface area contributed by atoms with Gasteiger partial charge in [-0.05, 0) is 30.2 Å². The van der Waals surface area contributed by atoms with E-state index in [1.165, 1.54) is 0 Å². The van der Waals surface area contributed by atoms with Crippen LogP contribution in [-0.2, 0) is 4.79 Å². The van der Waals surface area contributed by atoms with E-state index >= 15 is 0 Å². The van der Waals surface area contributed by atoms with Gasteiger partial charge in [0.05, 0.1) is 6.61 Å². The summed E-state index contributed by atoms with van der Waals surface area (Å²) in [6.07, 6.45) is 0. The highest BCUT2D eigenvalue weighted by molar-refractivity contribution is 5.81. The van der Waals surface area contributed by atoms with Crippen molar-refractivity contribution in [3.05, 3.63) is 24.3 Å². The Morgan fingerprint density at radius 2 is 1.40 bits per heavy atom. The molecule has 0 bridgehead atoms. The SMILES string of the molecule is CC.CC(C)COc1ccc(OCC(=O)C(C)C)cc1. The van der Waals surface area contributed by atoms with Crippen LogP contribution in [0.15, 0.2) is 24.3 Å². The van der Waals surface area contributed by atoms with Crippen LogP contribution in [-0.4, -0.2) is 19.0 Å². The number of Topliss-reactive ketones (excluding diaryl/α,β-unsaturated/α-hetero) is 1. The largest absolute Gasteiger partial charge is 0.493 e. The standard InChI is InChI=1S/C15H22O3.C2H6/c1-11(2)9-17-13-5-7-14(8-6-13)18-10-15(16)12(3)4;1-2/h5-8,11-12H,9-10H2,1-4H3;1-2H3. The Hall–Kier alpha value is -1.51. The van der Waals surface area contributed by atoms with Crippen molar-refractivity contribution in [1.29, 1.82) is 0 Å². The summed E-state index contributed by atoms with van der Waals surface area (Å²) in [5.74, 6) is 2.14. The number of hydrogen-bond donors (Lipinski definition) is 0. The Balaban J connectivity index is 0.00000172. The van der Waals surface area contributed by atoms with Crippen LogP contribution in [0.1, 0.15) is 41.5 Å². The number of carbonyl (C=O) groups excluding carboxylic acids is 1. The molecular formula is C17H28O3. The average molecular weight is 280 g/mol. The molecule has 0 radical (unpaired) electrons. The number of hydrogen-bond acceptors (Lipinski definition) is 3. The number of ketones is 1. The van der Waals surface area contributed by atoms with Gasteiger partial charge in [-0.1, -0.05) is 41.5 Å². The first kappa shape index (κ1) is 18.5. The van der Waals surface area contributed by atoms with Crippen molar-refractivity contribution >= 4 is 5.78 Å². The van der Waals surface area contributed by atoms with Gasteiger partial charge >= 0.3 is 0 Å². The van der Waals surface area contributed by atoms with Gasteiger partial charge in [0.25, 0.3) is 0 Å². The van der Waals surface area contributed by atoms with Crippen LogP contribution in [0.5, 0.6) is 11.5 Å². The van der Waals surface area contributed by atoms with Crippen molar-refractivity contribution in [1.82, 2.24) is 0 Å². The molecule has 3 heteroatoms. The summed E-state index contributed by atoms with van der Waals surface area (Å²) in [5.41, 5.74) is 0. The molecule has 0 aliphatic heterocycles. The topological polar surface area (TPSA) is 35.5 Å². The summed E-state index contributed by atoms with van der Waals surface area (Å²) >= 11 is 0. The first-order chi connectivity index (χ1) is 9.49. The smallest absolute Gasteiger partial charge is 0.172 e. The Kier molecular flexibility index (Phi) is 9.52. The fraction of sp³-hybridized carbons (Fsp3) is 0.588. The van der Waals surface area contributed by atoms with Gasteiger partial charge < -0.3 is 9.47 Å². The van der Waals surface area contributed by atoms with Gasteiger partial charge in [-0.2, -0.15) is 0 Å². The van der Waals surface area contributed by atoms with Crippen LogP contribution in [0.4, 0.5) is 0 Å². The lowest BCUT2D eigenvalue weighted by Gasteiger charge is -2.10. The molecule has 0 N–H and O–H groups in total. The monoisotopic (exact) mass is 280 g/mol. The molecule has 0 aromatic heterocycles. The first-order valence-electron chi connectivity index (χ1n) is 7.37. The summed E-state index contributed by atoms with van der Waals surface area (Å²) in [5, 5.41) is 0. The third-order valence-electron chi connectivity index (χ3n) is 2.43. The zero-order valence-corrected chi connectivity index (χ0v) is 13.6. The second kappa shape index (κ2) is 10.3. The number of rotatable bonds is 7. The minimum Gasteiger partial charge on any atom is -0.493 e. The summed E-state index contributed by atoms with van der Waals surface area (Å²) in [6, 6.07) is 7.36. The van der Waals surface area contributed by atoms with Crippen LogP contribution in [0.3, 0.4) is 0 Å². The van der Waals surface area contributed by atoms with Gasteiger partial charge in [0, 0.05) is 5.92 Å². The van der Waals surface area contributed by atoms with E-state index < -0.39 is 0 Å². The molecule has 1 rings (SSSR count). The van der Waals surface area contributed by atoms with Crippen LogP contribution < -0.4 is 9.47 Å². The maximum absolute atomic E-state index is 11.4. The molecule has 1 aromatic carbocycles. The third-order valence-corrected chi connectivity index (χ3v) is 2.43. The van der Waals surface area contributed by atoms with E-state index in [0.29, 0.717) is 18.3 Å². The maximum Gasteiger partial charge on any atom is 0.172 e. The molecule has 0 atom stereocenters.